The Bertz CT molecular complexity index is 721. The summed E-state index contributed by atoms with van der Waals surface area (Å²) in [5, 5.41) is 13.9. The van der Waals surface area contributed by atoms with Gasteiger partial charge in [0.25, 0.3) is 0 Å². The van der Waals surface area contributed by atoms with E-state index in [0.717, 1.165) is 33.8 Å². The van der Waals surface area contributed by atoms with Gasteiger partial charge in [-0.1, -0.05) is 23.1 Å². The molecule has 116 valence electrons. The number of rotatable bonds is 4. The average Bonchev–Trinajstić information content (AvgIpc) is 3.00. The van der Waals surface area contributed by atoms with Gasteiger partial charge in [0.05, 0.1) is 10.9 Å². The summed E-state index contributed by atoms with van der Waals surface area (Å²) in [6.45, 7) is 2.68. The molecular weight excluding hydrogens is 318 g/mol. The third-order valence-corrected chi connectivity index (χ3v) is 6.43. The van der Waals surface area contributed by atoms with Crippen LogP contribution in [0.4, 0.5) is 5.82 Å². The van der Waals surface area contributed by atoms with E-state index >= 15 is 0 Å². The molecular formula is C14H17N5OS2. The molecule has 1 saturated carbocycles. The van der Waals surface area contributed by atoms with Gasteiger partial charge in [0, 0.05) is 25.6 Å². The van der Waals surface area contributed by atoms with Crippen molar-refractivity contribution < 1.29 is 4.79 Å². The lowest BCUT2D eigenvalue weighted by atomic mass is 10.4. The molecule has 6 nitrogen and oxygen atoms in total. The molecule has 1 amide bonds. The van der Waals surface area contributed by atoms with Gasteiger partial charge in [-0.3, -0.25) is 14.4 Å². The molecule has 1 aliphatic heterocycles. The van der Waals surface area contributed by atoms with E-state index < -0.39 is 0 Å². The second-order valence-electron chi connectivity index (χ2n) is 5.83. The van der Waals surface area contributed by atoms with Crippen molar-refractivity contribution in [2.24, 2.45) is 7.05 Å². The number of hydrogen-bond donors (Lipinski definition) is 0. The molecule has 0 spiro atoms. The van der Waals surface area contributed by atoms with Gasteiger partial charge in [0.15, 0.2) is 4.34 Å². The molecule has 1 aliphatic carbocycles. The number of hydrogen-bond acceptors (Lipinski definition) is 6. The number of aryl methyl sites for hydroxylation is 2. The van der Waals surface area contributed by atoms with Gasteiger partial charge in [-0.2, -0.15) is 5.10 Å². The molecule has 8 heteroatoms. The maximum absolute atomic E-state index is 12.6. The normalized spacial score (nSPS) is 21.8. The van der Waals surface area contributed by atoms with E-state index in [1.165, 1.54) is 12.8 Å². The lowest BCUT2D eigenvalue weighted by Gasteiger charge is -2.15. The second kappa shape index (κ2) is 5.34. The summed E-state index contributed by atoms with van der Waals surface area (Å²) >= 11 is 3.21. The number of aromatic nitrogens is 4. The molecule has 0 aromatic carbocycles. The molecule has 1 saturated heterocycles. The predicted molar refractivity (Wildman–Crippen MR) is 86.4 cm³/mol. The summed E-state index contributed by atoms with van der Waals surface area (Å²) in [6, 6.07) is 1.96. The first-order valence-corrected chi connectivity index (χ1v) is 9.13. The summed E-state index contributed by atoms with van der Waals surface area (Å²) in [5.41, 5.74) is 0.930. The number of carbonyl (C=O) groups excluding carboxylic acids is 1. The van der Waals surface area contributed by atoms with E-state index in [1.807, 2.05) is 24.9 Å². The number of amides is 1. The Labute approximate surface area is 136 Å². The monoisotopic (exact) mass is 335 g/mol. The molecule has 2 fully saturated rings. The Morgan fingerprint density at radius 1 is 1.32 bits per heavy atom. The van der Waals surface area contributed by atoms with Crippen LogP contribution >= 0.6 is 23.1 Å². The highest BCUT2D eigenvalue weighted by Crippen LogP contribution is 2.43. The van der Waals surface area contributed by atoms with E-state index in [4.69, 9.17) is 0 Å². The van der Waals surface area contributed by atoms with Crippen LogP contribution in [0.2, 0.25) is 0 Å². The van der Waals surface area contributed by atoms with E-state index in [9.17, 15) is 4.79 Å². The van der Waals surface area contributed by atoms with Crippen LogP contribution < -0.4 is 4.90 Å². The van der Waals surface area contributed by atoms with Crippen molar-refractivity contribution in [2.75, 3.05) is 11.4 Å². The molecule has 0 N–H and O–H groups in total. The largest absolute Gasteiger partial charge is 0.296 e. The minimum absolute atomic E-state index is 0.0600. The zero-order valence-electron chi connectivity index (χ0n) is 12.5. The average molecular weight is 335 g/mol. The van der Waals surface area contributed by atoms with Gasteiger partial charge in [-0.05, 0) is 26.2 Å². The van der Waals surface area contributed by atoms with Crippen molar-refractivity contribution in [1.29, 1.82) is 0 Å². The highest BCUT2D eigenvalue weighted by atomic mass is 32.2. The van der Waals surface area contributed by atoms with E-state index in [-0.39, 0.29) is 11.2 Å². The second-order valence-corrected chi connectivity index (χ2v) is 8.29. The van der Waals surface area contributed by atoms with Crippen molar-refractivity contribution in [3.63, 3.8) is 0 Å². The lowest BCUT2D eigenvalue weighted by Crippen LogP contribution is -2.29. The summed E-state index contributed by atoms with van der Waals surface area (Å²) < 4.78 is 2.69. The van der Waals surface area contributed by atoms with Crippen LogP contribution in [0.25, 0.3) is 0 Å². The molecule has 0 unspecified atom stereocenters. The molecule has 1 atom stereocenters. The summed E-state index contributed by atoms with van der Waals surface area (Å²) in [4.78, 5) is 14.5. The molecule has 2 aromatic heterocycles. The van der Waals surface area contributed by atoms with Crippen LogP contribution in [0, 0.1) is 6.92 Å². The first-order chi connectivity index (χ1) is 10.6. The fourth-order valence-electron chi connectivity index (χ4n) is 2.73. The quantitative estimate of drug-likeness (QED) is 0.858. The van der Waals surface area contributed by atoms with Crippen molar-refractivity contribution in [1.82, 2.24) is 20.0 Å². The Morgan fingerprint density at radius 3 is 2.82 bits per heavy atom. The van der Waals surface area contributed by atoms with Gasteiger partial charge in [0.1, 0.15) is 10.8 Å². The molecule has 4 rings (SSSR count). The fourth-order valence-corrected chi connectivity index (χ4v) is 5.05. The summed E-state index contributed by atoms with van der Waals surface area (Å²) in [7, 11) is 1.88. The van der Waals surface area contributed by atoms with Crippen molar-refractivity contribution in [3.05, 3.63) is 16.8 Å². The van der Waals surface area contributed by atoms with Crippen molar-refractivity contribution >= 4 is 34.8 Å². The van der Waals surface area contributed by atoms with Gasteiger partial charge < -0.3 is 0 Å². The molecule has 2 aromatic rings. The Balaban J connectivity index is 1.47. The minimum atomic E-state index is -0.0600. The fraction of sp³-hybridized carbons (Fsp3) is 0.571. The molecule has 2 aliphatic rings. The summed E-state index contributed by atoms with van der Waals surface area (Å²) in [6.07, 6.45) is 3.30. The van der Waals surface area contributed by atoms with Crippen molar-refractivity contribution in [2.45, 2.75) is 41.7 Å². The SMILES string of the molecule is Cc1cc(N2CC[C@H](Sc3nnc(C4CC4)s3)C2=O)n(C)n1. The van der Waals surface area contributed by atoms with Crippen LogP contribution in [0.15, 0.2) is 10.4 Å². The van der Waals surface area contributed by atoms with E-state index in [2.05, 4.69) is 15.3 Å². The molecule has 3 heterocycles. The highest BCUT2D eigenvalue weighted by molar-refractivity contribution is 8.02. The molecule has 22 heavy (non-hydrogen) atoms. The Hall–Kier alpha value is -1.41. The summed E-state index contributed by atoms with van der Waals surface area (Å²) in [5.74, 6) is 1.65. The third-order valence-electron chi connectivity index (χ3n) is 4.00. The molecule has 0 bridgehead atoms. The number of thioether (sulfide) groups is 1. The van der Waals surface area contributed by atoms with Crippen LogP contribution in [0.5, 0.6) is 0 Å². The predicted octanol–water partition coefficient (Wildman–Crippen LogP) is 2.36. The maximum atomic E-state index is 12.6. The van der Waals surface area contributed by atoms with Crippen LogP contribution in [0.3, 0.4) is 0 Å². The Morgan fingerprint density at radius 2 is 2.14 bits per heavy atom. The lowest BCUT2D eigenvalue weighted by molar-refractivity contribution is -0.116. The van der Waals surface area contributed by atoms with Gasteiger partial charge in [-0.15, -0.1) is 10.2 Å². The first kappa shape index (κ1) is 14.2. The van der Waals surface area contributed by atoms with E-state index in [1.54, 1.807) is 27.8 Å². The minimum Gasteiger partial charge on any atom is -0.296 e. The smallest absolute Gasteiger partial charge is 0.241 e. The third kappa shape index (κ3) is 2.54. The highest BCUT2D eigenvalue weighted by Gasteiger charge is 2.36. The number of anilines is 1. The van der Waals surface area contributed by atoms with Gasteiger partial charge in [-0.25, -0.2) is 0 Å². The topological polar surface area (TPSA) is 63.9 Å². The first-order valence-electron chi connectivity index (χ1n) is 7.44. The van der Waals surface area contributed by atoms with Crippen LogP contribution in [0.1, 0.15) is 35.9 Å². The number of carbonyl (C=O) groups is 1. The molecule has 0 radical (unpaired) electrons. The van der Waals surface area contributed by atoms with Crippen LogP contribution in [-0.4, -0.2) is 37.7 Å². The standard InChI is InChI=1S/C14H17N5OS2/c1-8-7-11(18(2)17-8)19-6-5-10(13(19)20)21-14-16-15-12(22-14)9-3-4-9/h7,9-10H,3-6H2,1-2H3/t10-/m0/s1. The maximum Gasteiger partial charge on any atom is 0.241 e. The Kier molecular flexibility index (Phi) is 3.45. The van der Waals surface area contributed by atoms with Gasteiger partial charge >= 0.3 is 0 Å². The zero-order chi connectivity index (χ0) is 15.3. The number of nitrogens with zero attached hydrogens (tertiary/aromatic N) is 5. The van der Waals surface area contributed by atoms with E-state index in [0.29, 0.717) is 5.92 Å². The van der Waals surface area contributed by atoms with Gasteiger partial charge in [0.2, 0.25) is 5.91 Å². The van der Waals surface area contributed by atoms with Crippen molar-refractivity contribution in [3.8, 4) is 0 Å². The van der Waals surface area contributed by atoms with Crippen LogP contribution in [-0.2, 0) is 11.8 Å². The zero-order valence-corrected chi connectivity index (χ0v) is 14.2.